The number of benzene rings is 1. The summed E-state index contributed by atoms with van der Waals surface area (Å²) >= 11 is 0. The van der Waals surface area contributed by atoms with Crippen molar-refractivity contribution in [2.75, 3.05) is 13.7 Å². The fourth-order valence-corrected chi connectivity index (χ4v) is 1.61. The lowest BCUT2D eigenvalue weighted by Crippen LogP contribution is -2.44. The second-order valence-corrected chi connectivity index (χ2v) is 4.19. The van der Waals surface area contributed by atoms with Gasteiger partial charge in [-0.1, -0.05) is 25.1 Å². The lowest BCUT2D eigenvalue weighted by Gasteiger charge is -2.20. The zero-order valence-corrected chi connectivity index (χ0v) is 11.2. The Balaban J connectivity index is 2.52. The average Bonchev–Trinajstić information content (AvgIpc) is 2.37. The van der Waals surface area contributed by atoms with E-state index in [4.69, 9.17) is 9.47 Å². The number of hydrogen-bond donors (Lipinski definition) is 1. The third-order valence-electron chi connectivity index (χ3n) is 2.49. The molecule has 0 aliphatic carbocycles. The molecule has 0 unspecified atom stereocenters. The summed E-state index contributed by atoms with van der Waals surface area (Å²) in [6, 6.07) is 9.34. The SMILES string of the molecule is CC[C@H](Oc1ccccc1)C(=O)N[C@H](C)COC. The Labute approximate surface area is 108 Å². The number of carbonyl (C=O) groups excluding carboxylic acids is 1. The fraction of sp³-hybridized carbons (Fsp3) is 0.500. The van der Waals surface area contributed by atoms with Gasteiger partial charge in [0.1, 0.15) is 5.75 Å². The van der Waals surface area contributed by atoms with Crippen LogP contribution in [-0.2, 0) is 9.53 Å². The summed E-state index contributed by atoms with van der Waals surface area (Å²) in [5.74, 6) is 0.602. The molecule has 0 saturated heterocycles. The molecule has 0 saturated carbocycles. The Kier molecular flexibility index (Phi) is 6.22. The molecule has 0 aromatic heterocycles. The van der Waals surface area contributed by atoms with Gasteiger partial charge >= 0.3 is 0 Å². The van der Waals surface area contributed by atoms with Gasteiger partial charge in [0.05, 0.1) is 6.61 Å². The predicted molar refractivity (Wildman–Crippen MR) is 70.6 cm³/mol. The molecule has 4 heteroatoms. The molecule has 4 nitrogen and oxygen atoms in total. The number of amides is 1. The highest BCUT2D eigenvalue weighted by Gasteiger charge is 2.19. The third kappa shape index (κ3) is 4.75. The second kappa shape index (κ2) is 7.71. The van der Waals surface area contributed by atoms with Crippen molar-refractivity contribution >= 4 is 5.91 Å². The van der Waals surface area contributed by atoms with Crippen LogP contribution in [0.25, 0.3) is 0 Å². The van der Waals surface area contributed by atoms with Crippen molar-refractivity contribution in [3.05, 3.63) is 30.3 Å². The van der Waals surface area contributed by atoms with Gasteiger partial charge in [0.15, 0.2) is 6.10 Å². The van der Waals surface area contributed by atoms with Crippen LogP contribution in [0, 0.1) is 0 Å². The van der Waals surface area contributed by atoms with E-state index in [9.17, 15) is 4.79 Å². The van der Waals surface area contributed by atoms with Crippen molar-refractivity contribution in [3.8, 4) is 5.75 Å². The first-order chi connectivity index (χ1) is 8.67. The van der Waals surface area contributed by atoms with Gasteiger partial charge < -0.3 is 14.8 Å². The molecule has 1 N–H and O–H groups in total. The summed E-state index contributed by atoms with van der Waals surface area (Å²) in [5.41, 5.74) is 0. The molecule has 0 aliphatic heterocycles. The lowest BCUT2D eigenvalue weighted by atomic mass is 10.2. The number of rotatable bonds is 7. The molecule has 0 fully saturated rings. The Morgan fingerprint density at radius 1 is 1.33 bits per heavy atom. The average molecular weight is 251 g/mol. The van der Waals surface area contributed by atoms with E-state index in [0.717, 1.165) is 0 Å². The minimum absolute atomic E-state index is 0.0177. The smallest absolute Gasteiger partial charge is 0.261 e. The topological polar surface area (TPSA) is 47.6 Å². The van der Waals surface area contributed by atoms with Crippen LogP contribution in [0.1, 0.15) is 20.3 Å². The van der Waals surface area contributed by atoms with Crippen LogP contribution in [0.15, 0.2) is 30.3 Å². The number of para-hydroxylation sites is 1. The summed E-state index contributed by atoms with van der Waals surface area (Å²) in [4.78, 5) is 12.0. The van der Waals surface area contributed by atoms with Crippen molar-refractivity contribution in [2.24, 2.45) is 0 Å². The van der Waals surface area contributed by atoms with E-state index in [-0.39, 0.29) is 11.9 Å². The van der Waals surface area contributed by atoms with E-state index in [1.54, 1.807) is 7.11 Å². The first kappa shape index (κ1) is 14.5. The van der Waals surface area contributed by atoms with Crippen LogP contribution in [0.3, 0.4) is 0 Å². The summed E-state index contributed by atoms with van der Waals surface area (Å²) in [7, 11) is 1.61. The minimum atomic E-state index is -0.466. The monoisotopic (exact) mass is 251 g/mol. The number of methoxy groups -OCH3 is 1. The van der Waals surface area contributed by atoms with E-state index in [1.165, 1.54) is 0 Å². The maximum Gasteiger partial charge on any atom is 0.261 e. The van der Waals surface area contributed by atoms with Crippen LogP contribution in [0.2, 0.25) is 0 Å². The van der Waals surface area contributed by atoms with Crippen LogP contribution in [0.4, 0.5) is 0 Å². The van der Waals surface area contributed by atoms with Crippen LogP contribution in [0.5, 0.6) is 5.75 Å². The maximum absolute atomic E-state index is 12.0. The first-order valence-corrected chi connectivity index (χ1v) is 6.18. The Morgan fingerprint density at radius 3 is 2.56 bits per heavy atom. The number of nitrogens with one attached hydrogen (secondary N) is 1. The summed E-state index contributed by atoms with van der Waals surface area (Å²) in [6.45, 7) is 4.32. The van der Waals surface area contributed by atoms with E-state index in [2.05, 4.69) is 5.32 Å². The van der Waals surface area contributed by atoms with Gasteiger partial charge in [-0.15, -0.1) is 0 Å². The van der Waals surface area contributed by atoms with Crippen molar-refractivity contribution in [1.29, 1.82) is 0 Å². The Hall–Kier alpha value is -1.55. The third-order valence-corrected chi connectivity index (χ3v) is 2.49. The number of hydrogen-bond acceptors (Lipinski definition) is 3. The van der Waals surface area contributed by atoms with E-state index >= 15 is 0 Å². The molecule has 0 aliphatic rings. The number of ether oxygens (including phenoxy) is 2. The minimum Gasteiger partial charge on any atom is -0.481 e. The second-order valence-electron chi connectivity index (χ2n) is 4.19. The molecule has 0 bridgehead atoms. The van der Waals surface area contributed by atoms with Crippen molar-refractivity contribution in [1.82, 2.24) is 5.32 Å². The van der Waals surface area contributed by atoms with Crippen molar-refractivity contribution in [3.63, 3.8) is 0 Å². The Morgan fingerprint density at radius 2 is 2.00 bits per heavy atom. The molecular formula is C14H21NO3. The van der Waals surface area contributed by atoms with Gasteiger partial charge in [-0.3, -0.25) is 4.79 Å². The molecule has 100 valence electrons. The molecule has 0 spiro atoms. The summed E-state index contributed by atoms with van der Waals surface area (Å²) < 4.78 is 10.6. The fourth-order valence-electron chi connectivity index (χ4n) is 1.61. The highest BCUT2D eigenvalue weighted by atomic mass is 16.5. The van der Waals surface area contributed by atoms with Crippen molar-refractivity contribution < 1.29 is 14.3 Å². The lowest BCUT2D eigenvalue weighted by molar-refractivity contribution is -0.129. The molecule has 0 heterocycles. The molecule has 1 rings (SSSR count). The highest BCUT2D eigenvalue weighted by Crippen LogP contribution is 2.12. The molecule has 1 amide bonds. The summed E-state index contributed by atoms with van der Waals surface area (Å²) in [6.07, 6.45) is 0.159. The van der Waals surface area contributed by atoms with Crippen LogP contribution >= 0.6 is 0 Å². The maximum atomic E-state index is 12.0. The summed E-state index contributed by atoms with van der Waals surface area (Å²) in [5, 5.41) is 2.86. The van der Waals surface area contributed by atoms with Gasteiger partial charge in [-0.2, -0.15) is 0 Å². The molecular weight excluding hydrogens is 230 g/mol. The molecule has 18 heavy (non-hydrogen) atoms. The predicted octanol–water partition coefficient (Wildman–Crippen LogP) is 2.00. The molecule has 1 aromatic rings. The largest absolute Gasteiger partial charge is 0.481 e. The first-order valence-electron chi connectivity index (χ1n) is 6.18. The van der Waals surface area contributed by atoms with Gasteiger partial charge in [-0.05, 0) is 25.5 Å². The van der Waals surface area contributed by atoms with Gasteiger partial charge in [-0.25, -0.2) is 0 Å². The van der Waals surface area contributed by atoms with E-state index in [0.29, 0.717) is 18.8 Å². The van der Waals surface area contributed by atoms with Crippen LogP contribution in [-0.4, -0.2) is 31.8 Å². The van der Waals surface area contributed by atoms with Gasteiger partial charge in [0.2, 0.25) is 0 Å². The zero-order valence-electron chi connectivity index (χ0n) is 11.2. The van der Waals surface area contributed by atoms with E-state index < -0.39 is 6.10 Å². The zero-order chi connectivity index (χ0) is 13.4. The molecule has 0 radical (unpaired) electrons. The molecule has 1 aromatic carbocycles. The molecule has 2 atom stereocenters. The quantitative estimate of drug-likeness (QED) is 0.806. The Bertz CT molecular complexity index is 353. The van der Waals surface area contributed by atoms with E-state index in [1.807, 2.05) is 44.2 Å². The van der Waals surface area contributed by atoms with Crippen LogP contribution < -0.4 is 10.1 Å². The number of carbonyl (C=O) groups is 1. The highest BCUT2D eigenvalue weighted by molar-refractivity contribution is 5.81. The van der Waals surface area contributed by atoms with Crippen molar-refractivity contribution in [2.45, 2.75) is 32.4 Å². The standard InChI is InChI=1S/C14H21NO3/c1-4-13(14(16)15-11(2)10-17-3)18-12-8-6-5-7-9-12/h5-9,11,13H,4,10H2,1-3H3,(H,15,16)/t11-,13+/m1/s1. The van der Waals surface area contributed by atoms with Gasteiger partial charge in [0, 0.05) is 13.2 Å². The normalized spacial score (nSPS) is 13.7. The van der Waals surface area contributed by atoms with Gasteiger partial charge in [0.25, 0.3) is 5.91 Å².